The lowest BCUT2D eigenvalue weighted by Gasteiger charge is -2.09. The standard InChI is InChI=1S/C10H12BrNOS/c1-6(12)10(13)8-5-7(11)3-4-9(8)14-2/h3-6H,12H2,1-2H3. The third kappa shape index (κ3) is 2.59. The maximum Gasteiger partial charge on any atom is 0.180 e. The average Bonchev–Trinajstić information content (AvgIpc) is 2.16. The van der Waals surface area contributed by atoms with E-state index in [4.69, 9.17) is 5.73 Å². The number of hydrogen-bond donors (Lipinski definition) is 1. The van der Waals surface area contributed by atoms with Crippen LogP contribution in [0.5, 0.6) is 0 Å². The average molecular weight is 274 g/mol. The van der Waals surface area contributed by atoms with Gasteiger partial charge in [0.25, 0.3) is 0 Å². The summed E-state index contributed by atoms with van der Waals surface area (Å²) < 4.78 is 0.902. The van der Waals surface area contributed by atoms with Gasteiger partial charge in [0.05, 0.1) is 6.04 Å². The van der Waals surface area contributed by atoms with Crippen molar-refractivity contribution >= 4 is 33.5 Å². The van der Waals surface area contributed by atoms with Crippen molar-refractivity contribution < 1.29 is 4.79 Å². The van der Waals surface area contributed by atoms with Gasteiger partial charge < -0.3 is 5.73 Å². The Morgan fingerprint density at radius 1 is 1.57 bits per heavy atom. The number of ketones is 1. The summed E-state index contributed by atoms with van der Waals surface area (Å²) in [7, 11) is 0. The number of Topliss-reactive ketones (excluding diaryl/α,β-unsaturated/α-hetero) is 1. The van der Waals surface area contributed by atoms with E-state index in [0.717, 1.165) is 9.37 Å². The first-order valence-corrected chi connectivity index (χ1v) is 6.21. The minimum Gasteiger partial charge on any atom is -0.321 e. The van der Waals surface area contributed by atoms with Crippen LogP contribution in [0, 0.1) is 0 Å². The molecule has 1 atom stereocenters. The fourth-order valence-electron chi connectivity index (χ4n) is 1.12. The smallest absolute Gasteiger partial charge is 0.180 e. The predicted molar refractivity (Wildman–Crippen MR) is 63.9 cm³/mol. The Morgan fingerprint density at radius 3 is 2.71 bits per heavy atom. The summed E-state index contributed by atoms with van der Waals surface area (Å²) in [5.41, 5.74) is 6.26. The second-order valence-corrected chi connectivity index (χ2v) is 4.76. The molecule has 0 saturated heterocycles. The van der Waals surface area contributed by atoms with Gasteiger partial charge in [-0.3, -0.25) is 4.79 Å². The molecule has 4 heteroatoms. The highest BCUT2D eigenvalue weighted by atomic mass is 79.9. The zero-order chi connectivity index (χ0) is 10.7. The molecule has 0 aliphatic heterocycles. The topological polar surface area (TPSA) is 43.1 Å². The van der Waals surface area contributed by atoms with Crippen molar-refractivity contribution in [2.75, 3.05) is 6.26 Å². The molecule has 0 aliphatic rings. The third-order valence-corrected chi connectivity index (χ3v) is 3.13. The molecule has 1 aromatic rings. The maximum atomic E-state index is 11.7. The van der Waals surface area contributed by atoms with E-state index < -0.39 is 6.04 Å². The van der Waals surface area contributed by atoms with E-state index in [-0.39, 0.29) is 5.78 Å². The highest BCUT2D eigenvalue weighted by Crippen LogP contribution is 2.24. The molecule has 0 bridgehead atoms. The molecule has 0 aliphatic carbocycles. The summed E-state index contributed by atoms with van der Waals surface area (Å²) in [6, 6.07) is 5.21. The SMILES string of the molecule is CSc1ccc(Br)cc1C(=O)C(C)N. The van der Waals surface area contributed by atoms with Gasteiger partial charge in [-0.2, -0.15) is 0 Å². The van der Waals surface area contributed by atoms with E-state index in [2.05, 4.69) is 15.9 Å². The quantitative estimate of drug-likeness (QED) is 0.680. The van der Waals surface area contributed by atoms with Gasteiger partial charge in [0.1, 0.15) is 0 Å². The second kappa shape index (κ2) is 4.96. The molecule has 76 valence electrons. The second-order valence-electron chi connectivity index (χ2n) is 3.00. The van der Waals surface area contributed by atoms with E-state index in [1.54, 1.807) is 18.7 Å². The Hall–Kier alpha value is -0.320. The van der Waals surface area contributed by atoms with E-state index in [1.165, 1.54) is 0 Å². The minimum absolute atomic E-state index is 0.0179. The number of rotatable bonds is 3. The molecule has 2 N–H and O–H groups in total. The first-order chi connectivity index (χ1) is 6.56. The zero-order valence-electron chi connectivity index (χ0n) is 8.08. The van der Waals surface area contributed by atoms with Crippen LogP contribution in [0.25, 0.3) is 0 Å². The fraction of sp³-hybridized carbons (Fsp3) is 0.300. The molecule has 2 nitrogen and oxygen atoms in total. The number of hydrogen-bond acceptors (Lipinski definition) is 3. The van der Waals surface area contributed by atoms with Crippen molar-refractivity contribution in [3.63, 3.8) is 0 Å². The lowest BCUT2D eigenvalue weighted by Crippen LogP contribution is -2.27. The molecule has 0 radical (unpaired) electrons. The Bertz CT molecular complexity index is 352. The summed E-state index contributed by atoms with van der Waals surface area (Å²) in [5.74, 6) is -0.0179. The summed E-state index contributed by atoms with van der Waals surface area (Å²) in [6.07, 6.45) is 1.95. The molecule has 0 saturated carbocycles. The molecular formula is C10H12BrNOS. The summed E-state index contributed by atoms with van der Waals surface area (Å²) in [6.45, 7) is 1.70. The van der Waals surface area contributed by atoms with Crippen LogP contribution in [0.3, 0.4) is 0 Å². The van der Waals surface area contributed by atoms with Gasteiger partial charge in [0, 0.05) is 14.9 Å². The maximum absolute atomic E-state index is 11.7. The highest BCUT2D eigenvalue weighted by molar-refractivity contribution is 9.10. The highest BCUT2D eigenvalue weighted by Gasteiger charge is 2.14. The van der Waals surface area contributed by atoms with Crippen molar-refractivity contribution in [3.8, 4) is 0 Å². The Kier molecular flexibility index (Phi) is 4.16. The largest absolute Gasteiger partial charge is 0.321 e. The molecule has 1 unspecified atom stereocenters. The van der Waals surface area contributed by atoms with Gasteiger partial charge in [0.2, 0.25) is 0 Å². The summed E-state index contributed by atoms with van der Waals surface area (Å²) >= 11 is 4.89. The summed E-state index contributed by atoms with van der Waals surface area (Å²) in [5, 5.41) is 0. The van der Waals surface area contributed by atoms with Crippen LogP contribution in [0.2, 0.25) is 0 Å². The minimum atomic E-state index is -0.449. The molecule has 1 rings (SSSR count). The molecule has 0 aromatic heterocycles. The Labute approximate surface area is 96.4 Å². The van der Waals surface area contributed by atoms with Crippen LogP contribution in [0.4, 0.5) is 0 Å². The van der Waals surface area contributed by atoms with Gasteiger partial charge in [-0.1, -0.05) is 15.9 Å². The van der Waals surface area contributed by atoms with E-state index in [0.29, 0.717) is 5.56 Å². The van der Waals surface area contributed by atoms with Gasteiger partial charge in [-0.25, -0.2) is 0 Å². The van der Waals surface area contributed by atoms with Crippen LogP contribution >= 0.6 is 27.7 Å². The normalized spacial score (nSPS) is 12.6. The van der Waals surface area contributed by atoms with Crippen LogP contribution in [0.15, 0.2) is 27.6 Å². The number of halogens is 1. The van der Waals surface area contributed by atoms with E-state index in [1.807, 2.05) is 24.5 Å². The van der Waals surface area contributed by atoms with Gasteiger partial charge in [0.15, 0.2) is 5.78 Å². The molecule has 0 spiro atoms. The van der Waals surface area contributed by atoms with E-state index in [9.17, 15) is 4.79 Å². The molecule has 14 heavy (non-hydrogen) atoms. The first-order valence-electron chi connectivity index (χ1n) is 4.19. The van der Waals surface area contributed by atoms with Gasteiger partial charge >= 0.3 is 0 Å². The lowest BCUT2D eigenvalue weighted by molar-refractivity contribution is 0.0965. The number of carbonyl (C=O) groups is 1. The number of benzene rings is 1. The number of thioether (sulfide) groups is 1. The molecule has 0 heterocycles. The predicted octanol–water partition coefficient (Wildman–Crippen LogP) is 2.70. The molecule has 0 amide bonds. The third-order valence-electron chi connectivity index (χ3n) is 1.84. The molecule has 0 fully saturated rings. The van der Waals surface area contributed by atoms with Gasteiger partial charge in [-0.05, 0) is 31.4 Å². The van der Waals surface area contributed by atoms with Crippen LogP contribution < -0.4 is 5.73 Å². The first kappa shape index (κ1) is 11.8. The van der Waals surface area contributed by atoms with Crippen molar-refractivity contribution in [2.45, 2.75) is 17.9 Å². The monoisotopic (exact) mass is 273 g/mol. The van der Waals surface area contributed by atoms with Crippen molar-refractivity contribution in [3.05, 3.63) is 28.2 Å². The van der Waals surface area contributed by atoms with Crippen molar-refractivity contribution in [1.29, 1.82) is 0 Å². The fourth-order valence-corrected chi connectivity index (χ4v) is 2.06. The van der Waals surface area contributed by atoms with E-state index >= 15 is 0 Å². The lowest BCUT2D eigenvalue weighted by atomic mass is 10.1. The van der Waals surface area contributed by atoms with Crippen molar-refractivity contribution in [1.82, 2.24) is 0 Å². The molecule has 1 aromatic carbocycles. The summed E-state index contributed by atoms with van der Waals surface area (Å²) in [4.78, 5) is 12.7. The van der Waals surface area contributed by atoms with Gasteiger partial charge in [-0.15, -0.1) is 11.8 Å². The van der Waals surface area contributed by atoms with Crippen LogP contribution in [-0.4, -0.2) is 18.1 Å². The van der Waals surface area contributed by atoms with Crippen LogP contribution in [0.1, 0.15) is 17.3 Å². The molecular weight excluding hydrogens is 262 g/mol. The zero-order valence-corrected chi connectivity index (χ0v) is 10.5. The van der Waals surface area contributed by atoms with Crippen LogP contribution in [-0.2, 0) is 0 Å². The number of nitrogens with two attached hydrogens (primary N) is 1. The number of carbonyl (C=O) groups excluding carboxylic acids is 1. The van der Waals surface area contributed by atoms with Crippen molar-refractivity contribution in [2.24, 2.45) is 5.73 Å². The Balaban J connectivity index is 3.17. The Morgan fingerprint density at radius 2 is 2.21 bits per heavy atom.